The monoisotopic (exact) mass is 1160 g/mol. The molecule has 0 aliphatic carbocycles. The molecule has 0 radical (unpaired) electrons. The number of nitrogens with one attached hydrogen (secondary N) is 3. The van der Waals surface area contributed by atoms with Crippen molar-refractivity contribution in [3.8, 4) is 16.2 Å². The number of nitrogens with zero attached hydrogens (tertiary/aromatic N) is 6. The molecule has 6 atom stereocenters. The number of halogens is 3. The summed E-state index contributed by atoms with van der Waals surface area (Å²) in [4.78, 5) is 91.7. The van der Waals surface area contributed by atoms with E-state index >= 15 is 0 Å². The van der Waals surface area contributed by atoms with E-state index in [9.17, 15) is 38.3 Å². The lowest BCUT2D eigenvalue weighted by Gasteiger charge is -2.44. The first kappa shape index (κ1) is 60.9. The van der Waals surface area contributed by atoms with Crippen LogP contribution in [0.3, 0.4) is 0 Å². The lowest BCUT2D eigenvalue weighted by Crippen LogP contribution is -2.59. The molecule has 2 saturated heterocycles. The fraction of sp³-hybridized carbons (Fsp3) is 0.466. The maximum atomic E-state index is 14.2. The van der Waals surface area contributed by atoms with Crippen molar-refractivity contribution in [2.45, 2.75) is 149 Å². The van der Waals surface area contributed by atoms with E-state index in [2.05, 4.69) is 31.1 Å². The van der Waals surface area contributed by atoms with Crippen LogP contribution in [0.2, 0.25) is 10.0 Å². The Bertz CT molecular complexity index is 3020. The van der Waals surface area contributed by atoms with Gasteiger partial charge in [0.2, 0.25) is 23.6 Å². The summed E-state index contributed by atoms with van der Waals surface area (Å²) in [6.07, 6.45) is 3.74. The summed E-state index contributed by atoms with van der Waals surface area (Å²) in [5.74, 6) is -2.60. The van der Waals surface area contributed by atoms with Crippen molar-refractivity contribution in [3.63, 3.8) is 0 Å². The Labute approximate surface area is 480 Å². The predicted octanol–water partition coefficient (Wildman–Crippen LogP) is 9.32. The zero-order chi connectivity index (χ0) is 58.0. The number of anilines is 2. The number of aryl methyl sites for hydroxylation is 1. The van der Waals surface area contributed by atoms with Crippen LogP contribution in [0.15, 0.2) is 72.2 Å². The van der Waals surface area contributed by atoms with Crippen LogP contribution in [0, 0.1) is 18.2 Å². The number of ether oxygens (including phenoxy) is 1. The number of thiazole rings is 1. The minimum atomic E-state index is -0.905. The standard InChI is InChI=1S/C58H71Cl2FN10O8S/c1-33-29-69(56(77)39-20-22-40(23-21-39)65-54(75)44-27-46(53(62)68-67-44)79-36(4)49-42(59)24-25-43(61)50(49)60)30-34(2)71(33)48(74)15-13-11-9-8-10-12-14-47(73)66-52(58(5,6)7)57(78)70-31-41(72)26-45(70)55(76)63-28-37-16-18-38(19-17-37)51-35(3)64-32-80-51/h16-25,27,32-34,36,41,45,52,72H,8-15,26,28-31H2,1-7H3,(H2,62,68)(H,63,76)(H,65,75)(H,66,73)/t33-,34+,36?,41-,45+,52?/m1/s1. The molecule has 7 rings (SSSR count). The molecule has 2 fully saturated rings. The number of hydrogen-bond donors (Lipinski definition) is 5. The second-order valence-electron chi connectivity index (χ2n) is 21.8. The Kier molecular flexibility index (Phi) is 20.7. The van der Waals surface area contributed by atoms with Gasteiger partial charge in [0.25, 0.3) is 11.8 Å². The second kappa shape index (κ2) is 27.1. The number of unbranched alkanes of at least 4 members (excludes halogenated alkanes) is 5. The Hall–Kier alpha value is -6.74. The highest BCUT2D eigenvalue weighted by Crippen LogP contribution is 2.36. The second-order valence-corrected chi connectivity index (χ2v) is 23.4. The normalized spacial score (nSPS) is 18.1. The van der Waals surface area contributed by atoms with Gasteiger partial charge < -0.3 is 46.2 Å². The lowest BCUT2D eigenvalue weighted by atomic mass is 9.85. The summed E-state index contributed by atoms with van der Waals surface area (Å²) in [5.41, 5.74) is 10.9. The molecule has 18 nitrogen and oxygen atoms in total. The molecule has 4 heterocycles. The average molecular weight is 1160 g/mol. The van der Waals surface area contributed by atoms with Crippen LogP contribution in [-0.2, 0) is 25.7 Å². The molecule has 2 aliphatic heterocycles. The Morgan fingerprint density at radius 3 is 2.17 bits per heavy atom. The van der Waals surface area contributed by atoms with Crippen molar-refractivity contribution in [2.75, 3.05) is 30.7 Å². The van der Waals surface area contributed by atoms with Gasteiger partial charge in [-0.3, -0.25) is 28.8 Å². The fourth-order valence-corrected chi connectivity index (χ4v) is 11.7. The van der Waals surface area contributed by atoms with Crippen molar-refractivity contribution in [2.24, 2.45) is 5.41 Å². The Morgan fingerprint density at radius 2 is 1.54 bits per heavy atom. The molecule has 3 aromatic carbocycles. The first-order valence-electron chi connectivity index (χ1n) is 27.0. The summed E-state index contributed by atoms with van der Waals surface area (Å²) in [7, 11) is 0. The molecule has 0 spiro atoms. The van der Waals surface area contributed by atoms with Gasteiger partial charge in [0.1, 0.15) is 24.0 Å². The fourth-order valence-electron chi connectivity index (χ4n) is 10.2. The van der Waals surface area contributed by atoms with Crippen LogP contribution in [0.1, 0.15) is 143 Å². The largest absolute Gasteiger partial charge is 0.482 e. The summed E-state index contributed by atoms with van der Waals surface area (Å²) >= 11 is 14.0. The lowest BCUT2D eigenvalue weighted by molar-refractivity contribution is -0.144. The molecule has 0 saturated carbocycles. The number of β-amino-alcohol motifs (C(OH)–C–C–N with tert-alkyl or cyclic N) is 1. The number of amides is 6. The molecule has 2 aromatic heterocycles. The van der Waals surface area contributed by atoms with E-state index in [-0.39, 0.29) is 94.5 Å². The molecule has 428 valence electrons. The van der Waals surface area contributed by atoms with E-state index in [1.807, 2.05) is 76.2 Å². The van der Waals surface area contributed by atoms with E-state index in [1.165, 1.54) is 17.0 Å². The SMILES string of the molecule is Cc1ncsc1-c1ccc(CNC(=O)[C@@H]2C[C@@H](O)CN2C(=O)C(NC(=O)CCCCCCCCC(=O)N2[C@H](C)CN(C(=O)c3ccc(NC(=O)c4cc(OC(C)c5c(Cl)ccc(F)c5Cl)c(N)nn4)cc3)C[C@@H]2C)C(C)(C)C)cc1. The van der Waals surface area contributed by atoms with E-state index in [4.69, 9.17) is 33.7 Å². The number of likely N-dealkylation sites (tertiary alicyclic amines) is 1. The minimum absolute atomic E-state index is 0.00407. The van der Waals surface area contributed by atoms with E-state index < -0.39 is 47.3 Å². The van der Waals surface area contributed by atoms with Crippen molar-refractivity contribution in [1.82, 2.24) is 40.5 Å². The number of carbonyl (C=O) groups excluding carboxylic acids is 6. The van der Waals surface area contributed by atoms with Crippen molar-refractivity contribution < 1.29 is 43.0 Å². The van der Waals surface area contributed by atoms with Gasteiger partial charge in [-0.1, -0.05) is 93.9 Å². The number of nitrogen functional groups attached to an aromatic ring is 1. The van der Waals surface area contributed by atoms with Crippen LogP contribution in [0.5, 0.6) is 5.75 Å². The quantitative estimate of drug-likeness (QED) is 0.0341. The predicted molar refractivity (Wildman–Crippen MR) is 307 cm³/mol. The van der Waals surface area contributed by atoms with Crippen molar-refractivity contribution in [1.29, 1.82) is 0 Å². The number of aliphatic hydroxyl groups excluding tert-OH is 1. The van der Waals surface area contributed by atoms with Crippen LogP contribution >= 0.6 is 34.5 Å². The third-order valence-corrected chi connectivity index (χ3v) is 16.1. The number of carbonyl (C=O) groups is 6. The highest BCUT2D eigenvalue weighted by molar-refractivity contribution is 7.13. The Balaban J connectivity index is 0.790. The summed E-state index contributed by atoms with van der Waals surface area (Å²) < 4.78 is 20.1. The third-order valence-electron chi connectivity index (χ3n) is 14.4. The maximum Gasteiger partial charge on any atom is 0.276 e. The number of rotatable bonds is 21. The molecule has 80 heavy (non-hydrogen) atoms. The van der Waals surface area contributed by atoms with Crippen molar-refractivity contribution in [3.05, 3.63) is 116 Å². The van der Waals surface area contributed by atoms with Gasteiger partial charge in [0, 0.05) is 85.4 Å². The summed E-state index contributed by atoms with van der Waals surface area (Å²) in [6.45, 7) is 14.0. The number of piperazine rings is 1. The van der Waals surface area contributed by atoms with Crippen LogP contribution < -0.4 is 26.4 Å². The number of nitrogens with two attached hydrogens (primary N) is 1. The highest BCUT2D eigenvalue weighted by Gasteiger charge is 2.44. The molecule has 2 unspecified atom stereocenters. The van der Waals surface area contributed by atoms with Crippen LogP contribution in [0.25, 0.3) is 10.4 Å². The Morgan fingerprint density at radius 1 is 0.887 bits per heavy atom. The molecular weight excluding hydrogens is 1090 g/mol. The molecule has 5 aromatic rings. The molecule has 2 aliphatic rings. The molecular formula is C58H71Cl2FN10O8S. The molecule has 0 bridgehead atoms. The summed E-state index contributed by atoms with van der Waals surface area (Å²) in [6, 6.07) is 15.9. The van der Waals surface area contributed by atoms with E-state index in [0.717, 1.165) is 53.4 Å². The minimum Gasteiger partial charge on any atom is -0.482 e. The van der Waals surface area contributed by atoms with Gasteiger partial charge in [0.15, 0.2) is 17.3 Å². The smallest absolute Gasteiger partial charge is 0.276 e. The van der Waals surface area contributed by atoms with Gasteiger partial charge in [-0.2, -0.15) is 0 Å². The zero-order valence-corrected chi connectivity index (χ0v) is 48.5. The number of aromatic nitrogens is 3. The maximum absolute atomic E-state index is 14.2. The summed E-state index contributed by atoms with van der Waals surface area (Å²) in [5, 5.41) is 26.9. The van der Waals surface area contributed by atoms with Gasteiger partial charge >= 0.3 is 0 Å². The van der Waals surface area contributed by atoms with Crippen LogP contribution in [-0.4, -0.2) is 120 Å². The number of hydrogen-bond acceptors (Lipinski definition) is 13. The van der Waals surface area contributed by atoms with Gasteiger partial charge in [0.05, 0.1) is 27.2 Å². The average Bonchev–Trinajstić information content (AvgIpc) is 4.07. The van der Waals surface area contributed by atoms with E-state index in [0.29, 0.717) is 43.6 Å². The van der Waals surface area contributed by atoms with Gasteiger partial charge in [-0.15, -0.1) is 21.5 Å². The first-order chi connectivity index (χ1) is 38.0. The van der Waals surface area contributed by atoms with Gasteiger partial charge in [-0.05, 0) is 93.5 Å². The highest BCUT2D eigenvalue weighted by atomic mass is 35.5. The molecule has 22 heteroatoms. The molecule has 6 N–H and O–H groups in total. The van der Waals surface area contributed by atoms with Gasteiger partial charge in [-0.25, -0.2) is 9.37 Å². The topological polar surface area (TPSA) is 242 Å². The first-order valence-corrected chi connectivity index (χ1v) is 28.6. The number of benzene rings is 3. The zero-order valence-electron chi connectivity index (χ0n) is 46.2. The third kappa shape index (κ3) is 15.4. The van der Waals surface area contributed by atoms with Crippen LogP contribution in [0.4, 0.5) is 15.9 Å². The number of aliphatic hydroxyl groups is 1. The molecule has 6 amide bonds. The van der Waals surface area contributed by atoms with Crippen molar-refractivity contribution >= 4 is 81.5 Å². The van der Waals surface area contributed by atoms with E-state index in [1.54, 1.807) is 47.4 Å².